The maximum atomic E-state index is 11.7. The van der Waals surface area contributed by atoms with Crippen molar-refractivity contribution in [3.05, 3.63) is 64.6 Å². The smallest absolute Gasteiger partial charge is 0.337 e. The van der Waals surface area contributed by atoms with Crippen molar-refractivity contribution in [3.63, 3.8) is 0 Å². The first kappa shape index (κ1) is 16.8. The van der Waals surface area contributed by atoms with Gasteiger partial charge in [-0.25, -0.2) is 4.79 Å². The van der Waals surface area contributed by atoms with E-state index in [9.17, 15) is 9.90 Å². The molecule has 0 radical (unpaired) electrons. The molecule has 1 saturated carbocycles. The lowest BCUT2D eigenvalue weighted by Gasteiger charge is -2.11. The fourth-order valence-electron chi connectivity index (χ4n) is 3.81. The highest BCUT2D eigenvalue weighted by Crippen LogP contribution is 2.40. The molecule has 0 amide bonds. The van der Waals surface area contributed by atoms with Crippen molar-refractivity contribution in [3.8, 4) is 0 Å². The molecule has 134 valence electrons. The van der Waals surface area contributed by atoms with Gasteiger partial charge in [0, 0.05) is 30.7 Å². The molecule has 1 aliphatic rings. The Labute approximate surface area is 153 Å². The summed E-state index contributed by atoms with van der Waals surface area (Å²) in [6.07, 6.45) is 7.78. The van der Waals surface area contributed by atoms with Crippen LogP contribution in [0.5, 0.6) is 0 Å². The molecule has 0 atom stereocenters. The Kier molecular flexibility index (Phi) is 4.27. The lowest BCUT2D eigenvalue weighted by Crippen LogP contribution is -2.07. The fraction of sp³-hybridized carbons (Fsp3) is 0.364. The molecule has 1 fully saturated rings. The number of hydrogen-bond acceptors (Lipinski definition) is 2. The van der Waals surface area contributed by atoms with Crippen molar-refractivity contribution >= 4 is 16.9 Å². The summed E-state index contributed by atoms with van der Waals surface area (Å²) in [5.41, 5.74) is 5.77. The predicted octanol–water partition coefficient (Wildman–Crippen LogP) is 4.79. The van der Waals surface area contributed by atoms with Crippen LogP contribution in [0, 0.1) is 0 Å². The van der Waals surface area contributed by atoms with E-state index in [4.69, 9.17) is 0 Å². The number of rotatable bonds is 6. The second-order valence-corrected chi connectivity index (χ2v) is 7.17. The molecule has 0 unspecified atom stereocenters. The molecule has 3 aromatic rings. The van der Waals surface area contributed by atoms with E-state index < -0.39 is 5.97 Å². The maximum Gasteiger partial charge on any atom is 0.337 e. The number of nitrogens with zero attached hydrogens (tertiary/aromatic N) is 2. The second kappa shape index (κ2) is 6.60. The van der Waals surface area contributed by atoms with Crippen LogP contribution in [0.2, 0.25) is 0 Å². The lowest BCUT2D eigenvalue weighted by molar-refractivity contribution is 0.0695. The molecular weight excluding hydrogens is 324 g/mol. The van der Waals surface area contributed by atoms with E-state index in [0.29, 0.717) is 23.6 Å². The van der Waals surface area contributed by atoms with Crippen LogP contribution in [0.4, 0.5) is 0 Å². The molecule has 4 heteroatoms. The Hall–Kier alpha value is -2.62. The lowest BCUT2D eigenvalue weighted by atomic mass is 9.98. The van der Waals surface area contributed by atoms with Gasteiger partial charge in [-0.3, -0.25) is 4.98 Å². The van der Waals surface area contributed by atoms with E-state index in [1.807, 2.05) is 12.3 Å². The largest absolute Gasteiger partial charge is 0.478 e. The van der Waals surface area contributed by atoms with E-state index in [1.54, 1.807) is 0 Å². The number of carboxylic acid groups (broad SMARTS) is 1. The number of aromatic nitrogens is 2. The van der Waals surface area contributed by atoms with E-state index in [-0.39, 0.29) is 0 Å². The number of aryl methyl sites for hydroxylation is 2. The van der Waals surface area contributed by atoms with Crippen LogP contribution in [-0.4, -0.2) is 20.6 Å². The Morgan fingerprint density at radius 2 is 2.08 bits per heavy atom. The molecule has 2 heterocycles. The number of pyridine rings is 1. The van der Waals surface area contributed by atoms with Gasteiger partial charge in [-0.1, -0.05) is 13.0 Å². The van der Waals surface area contributed by atoms with Crippen LogP contribution in [0.25, 0.3) is 10.9 Å². The topological polar surface area (TPSA) is 55.1 Å². The van der Waals surface area contributed by atoms with Gasteiger partial charge in [0.2, 0.25) is 0 Å². The fourth-order valence-corrected chi connectivity index (χ4v) is 3.81. The summed E-state index contributed by atoms with van der Waals surface area (Å²) in [7, 11) is 0. The minimum Gasteiger partial charge on any atom is -0.478 e. The molecule has 0 spiro atoms. The number of carboxylic acids is 1. The van der Waals surface area contributed by atoms with Gasteiger partial charge in [-0.2, -0.15) is 0 Å². The Morgan fingerprint density at radius 3 is 2.73 bits per heavy atom. The summed E-state index contributed by atoms with van der Waals surface area (Å²) in [6, 6.07) is 8.34. The average molecular weight is 348 g/mol. The van der Waals surface area contributed by atoms with Gasteiger partial charge >= 0.3 is 5.97 Å². The zero-order valence-corrected chi connectivity index (χ0v) is 15.3. The van der Waals surface area contributed by atoms with E-state index in [2.05, 4.69) is 47.8 Å². The number of fused-ring (bicyclic) bond motifs is 1. The number of hydrogen-bond donors (Lipinski definition) is 1. The first-order valence-corrected chi connectivity index (χ1v) is 9.43. The van der Waals surface area contributed by atoms with Crippen molar-refractivity contribution in [2.45, 2.75) is 52.0 Å². The molecule has 4 nitrogen and oxygen atoms in total. The standard InChI is InChI=1S/C22H24N2O2/c1-3-15-9-14(10-17-7-8-24(4-2)21(15)17)11-20-19(22(25)26)12-18(13-23-20)16-5-6-16/h7-10,12-13,16H,3-6,11H2,1-2H3,(H,25,26). The first-order chi connectivity index (χ1) is 12.6. The van der Waals surface area contributed by atoms with Crippen molar-refractivity contribution in [2.75, 3.05) is 0 Å². The van der Waals surface area contributed by atoms with Crippen molar-refractivity contribution in [2.24, 2.45) is 0 Å². The average Bonchev–Trinajstić information content (AvgIpc) is 3.41. The third kappa shape index (κ3) is 3.00. The van der Waals surface area contributed by atoms with Gasteiger partial charge < -0.3 is 9.67 Å². The molecule has 2 aromatic heterocycles. The molecule has 26 heavy (non-hydrogen) atoms. The molecule has 1 aliphatic carbocycles. The maximum absolute atomic E-state index is 11.7. The van der Waals surface area contributed by atoms with Crippen molar-refractivity contribution in [1.29, 1.82) is 0 Å². The molecule has 4 rings (SSSR count). The quantitative estimate of drug-likeness (QED) is 0.697. The van der Waals surface area contributed by atoms with Gasteiger partial charge in [0.05, 0.1) is 16.8 Å². The van der Waals surface area contributed by atoms with Gasteiger partial charge in [-0.05, 0) is 67.0 Å². The number of aromatic carboxylic acids is 1. The summed E-state index contributed by atoms with van der Waals surface area (Å²) in [4.78, 5) is 16.3. The molecule has 0 bridgehead atoms. The first-order valence-electron chi connectivity index (χ1n) is 9.43. The van der Waals surface area contributed by atoms with Gasteiger partial charge in [-0.15, -0.1) is 0 Å². The van der Waals surface area contributed by atoms with Crippen molar-refractivity contribution in [1.82, 2.24) is 9.55 Å². The summed E-state index contributed by atoms with van der Waals surface area (Å²) in [5.74, 6) is -0.379. The zero-order valence-electron chi connectivity index (χ0n) is 15.3. The Balaban J connectivity index is 1.74. The van der Waals surface area contributed by atoms with Gasteiger partial charge in [0.15, 0.2) is 0 Å². The highest BCUT2D eigenvalue weighted by atomic mass is 16.4. The zero-order chi connectivity index (χ0) is 18.3. The number of benzene rings is 1. The van der Waals surface area contributed by atoms with Crippen LogP contribution < -0.4 is 0 Å². The van der Waals surface area contributed by atoms with Crippen LogP contribution >= 0.6 is 0 Å². The van der Waals surface area contributed by atoms with E-state index in [1.165, 1.54) is 16.5 Å². The van der Waals surface area contributed by atoms with E-state index in [0.717, 1.165) is 36.9 Å². The SMILES string of the molecule is CCc1cc(Cc2ncc(C3CC3)cc2C(=O)O)cc2ccn(CC)c12. The molecule has 1 aromatic carbocycles. The third-order valence-corrected chi connectivity index (χ3v) is 5.36. The van der Waals surface area contributed by atoms with Crippen LogP contribution in [0.15, 0.2) is 36.7 Å². The Bertz CT molecular complexity index is 983. The third-order valence-electron chi connectivity index (χ3n) is 5.36. The van der Waals surface area contributed by atoms with Crippen LogP contribution in [-0.2, 0) is 19.4 Å². The predicted molar refractivity (Wildman–Crippen MR) is 103 cm³/mol. The summed E-state index contributed by atoms with van der Waals surface area (Å²) in [5, 5.41) is 10.9. The van der Waals surface area contributed by atoms with Gasteiger partial charge in [0.25, 0.3) is 0 Å². The van der Waals surface area contributed by atoms with Crippen LogP contribution in [0.1, 0.15) is 65.3 Å². The van der Waals surface area contributed by atoms with Crippen molar-refractivity contribution < 1.29 is 9.90 Å². The highest BCUT2D eigenvalue weighted by Gasteiger charge is 2.26. The summed E-state index contributed by atoms with van der Waals surface area (Å²) >= 11 is 0. The Morgan fingerprint density at radius 1 is 1.27 bits per heavy atom. The highest BCUT2D eigenvalue weighted by molar-refractivity contribution is 5.89. The van der Waals surface area contributed by atoms with E-state index >= 15 is 0 Å². The normalized spacial score (nSPS) is 14.1. The molecule has 0 saturated heterocycles. The monoisotopic (exact) mass is 348 g/mol. The summed E-state index contributed by atoms with van der Waals surface area (Å²) in [6.45, 7) is 5.26. The molecule has 0 aliphatic heterocycles. The number of carbonyl (C=O) groups is 1. The van der Waals surface area contributed by atoms with Crippen LogP contribution in [0.3, 0.4) is 0 Å². The summed E-state index contributed by atoms with van der Waals surface area (Å²) < 4.78 is 2.27. The molecule has 1 N–H and O–H groups in total. The minimum atomic E-state index is -0.885. The second-order valence-electron chi connectivity index (χ2n) is 7.17. The molecular formula is C22H24N2O2. The van der Waals surface area contributed by atoms with Gasteiger partial charge in [0.1, 0.15) is 0 Å². The minimum absolute atomic E-state index is 0.346.